The molecule has 0 spiro atoms. The smallest absolute Gasteiger partial charge is 0.191 e. The Morgan fingerprint density at radius 3 is 2.41 bits per heavy atom. The first kappa shape index (κ1) is 26.1. The van der Waals surface area contributed by atoms with E-state index in [0.29, 0.717) is 50.2 Å². The van der Waals surface area contributed by atoms with Crippen LogP contribution in [0, 0.1) is 0 Å². The highest BCUT2D eigenvalue weighted by Crippen LogP contribution is 2.11. The van der Waals surface area contributed by atoms with Crippen molar-refractivity contribution < 1.29 is 18.3 Å². The van der Waals surface area contributed by atoms with Gasteiger partial charge in [0.15, 0.2) is 15.8 Å². The minimum atomic E-state index is -3.20. The first-order valence-electron chi connectivity index (χ1n) is 9.53. The van der Waals surface area contributed by atoms with Crippen LogP contribution in [0.15, 0.2) is 34.2 Å². The van der Waals surface area contributed by atoms with Crippen LogP contribution in [0.2, 0.25) is 0 Å². The van der Waals surface area contributed by atoms with Gasteiger partial charge in [0.05, 0.1) is 30.3 Å². The Bertz CT molecular complexity index is 748. The van der Waals surface area contributed by atoms with Crippen LogP contribution >= 0.6 is 24.0 Å². The van der Waals surface area contributed by atoms with Crippen LogP contribution in [0.5, 0.6) is 0 Å². The molecule has 1 heterocycles. The third-order valence-electron chi connectivity index (χ3n) is 4.42. The van der Waals surface area contributed by atoms with E-state index in [0.717, 1.165) is 18.7 Å². The number of hydrogen-bond donors (Lipinski definition) is 3. The molecule has 1 aliphatic heterocycles. The number of benzene rings is 1. The molecular weight excluding hydrogens is 507 g/mol. The van der Waals surface area contributed by atoms with Gasteiger partial charge in [0, 0.05) is 39.0 Å². The van der Waals surface area contributed by atoms with Crippen molar-refractivity contribution in [3.05, 3.63) is 29.8 Å². The van der Waals surface area contributed by atoms with Gasteiger partial charge in [-0.05, 0) is 31.5 Å². The molecule has 8 nitrogen and oxygen atoms in total. The molecular formula is C19H33IN4O4S. The van der Waals surface area contributed by atoms with Gasteiger partial charge in [0.25, 0.3) is 0 Å². The first-order valence-corrected chi connectivity index (χ1v) is 11.4. The minimum absolute atomic E-state index is 0. The summed E-state index contributed by atoms with van der Waals surface area (Å²) >= 11 is 0. The predicted molar refractivity (Wildman–Crippen MR) is 126 cm³/mol. The molecule has 3 N–H and O–H groups in total. The van der Waals surface area contributed by atoms with E-state index in [1.54, 1.807) is 24.3 Å². The fourth-order valence-electron chi connectivity index (χ4n) is 2.93. The molecule has 10 heteroatoms. The monoisotopic (exact) mass is 540 g/mol. The number of sulfone groups is 1. The van der Waals surface area contributed by atoms with Crippen LogP contribution in [-0.2, 0) is 21.1 Å². The molecule has 1 aromatic carbocycles. The maximum Gasteiger partial charge on any atom is 0.191 e. The Balaban J connectivity index is 0.00000420. The van der Waals surface area contributed by atoms with Crippen LogP contribution in [-0.4, -0.2) is 82.2 Å². The molecule has 1 fully saturated rings. The van der Waals surface area contributed by atoms with E-state index >= 15 is 0 Å². The summed E-state index contributed by atoms with van der Waals surface area (Å²) in [6.45, 7) is 8.88. The fourth-order valence-corrected chi connectivity index (χ4v) is 3.56. The minimum Gasteiger partial charge on any atom is -0.387 e. The van der Waals surface area contributed by atoms with Gasteiger partial charge in [-0.2, -0.15) is 0 Å². The lowest BCUT2D eigenvalue weighted by Gasteiger charge is -2.34. The molecule has 1 unspecified atom stereocenters. The molecule has 0 bridgehead atoms. The maximum absolute atomic E-state index is 11.5. The zero-order valence-electron chi connectivity index (χ0n) is 17.3. The van der Waals surface area contributed by atoms with Gasteiger partial charge in [-0.1, -0.05) is 12.1 Å². The lowest BCUT2D eigenvalue weighted by Crippen LogP contribution is -2.52. The number of β-amino-alcohol motifs (C(OH)–C–C–N with tert-alkyl or cyclic N) is 1. The van der Waals surface area contributed by atoms with Gasteiger partial charge >= 0.3 is 0 Å². The lowest BCUT2D eigenvalue weighted by atomic mass is 10.1. The SMILES string of the molecule is CCNC(=NCc1ccc(S(C)(=O)=O)cc1)NCC(C)(O)CN1CCOCC1.I. The van der Waals surface area contributed by atoms with Crippen molar-refractivity contribution in [2.24, 2.45) is 4.99 Å². The normalized spacial score (nSPS) is 17.9. The third kappa shape index (κ3) is 9.60. The Labute approximate surface area is 191 Å². The first-order chi connectivity index (χ1) is 13.2. The summed E-state index contributed by atoms with van der Waals surface area (Å²) in [5.74, 6) is 0.608. The molecule has 0 radical (unpaired) electrons. The molecule has 166 valence electrons. The Morgan fingerprint density at radius 1 is 1.24 bits per heavy atom. The van der Waals surface area contributed by atoms with Crippen LogP contribution in [0.4, 0.5) is 0 Å². The summed E-state index contributed by atoms with van der Waals surface area (Å²) in [5.41, 5.74) is 0.00896. The van der Waals surface area contributed by atoms with E-state index in [1.165, 1.54) is 6.26 Å². The number of aliphatic imine (C=N–C) groups is 1. The molecule has 0 saturated carbocycles. The highest BCUT2D eigenvalue weighted by molar-refractivity contribution is 14.0. The third-order valence-corrected chi connectivity index (χ3v) is 5.55. The van der Waals surface area contributed by atoms with E-state index in [2.05, 4.69) is 20.5 Å². The molecule has 0 amide bonds. The predicted octanol–water partition coefficient (Wildman–Crippen LogP) is 0.846. The number of aliphatic hydroxyl groups is 1. The Morgan fingerprint density at radius 2 is 1.86 bits per heavy atom. The summed E-state index contributed by atoms with van der Waals surface area (Å²) in [6, 6.07) is 6.71. The number of nitrogens with one attached hydrogen (secondary N) is 2. The largest absolute Gasteiger partial charge is 0.387 e. The second kappa shape index (κ2) is 12.0. The van der Waals surface area contributed by atoms with Gasteiger partial charge in [-0.3, -0.25) is 4.90 Å². The van der Waals surface area contributed by atoms with Gasteiger partial charge in [0.1, 0.15) is 0 Å². The van der Waals surface area contributed by atoms with E-state index in [1.807, 2.05) is 13.8 Å². The lowest BCUT2D eigenvalue weighted by molar-refractivity contribution is -0.0201. The van der Waals surface area contributed by atoms with Crippen LogP contribution in [0.3, 0.4) is 0 Å². The van der Waals surface area contributed by atoms with Gasteiger partial charge in [0.2, 0.25) is 0 Å². The average Bonchev–Trinajstić information content (AvgIpc) is 2.64. The zero-order valence-corrected chi connectivity index (χ0v) is 20.5. The number of morpholine rings is 1. The van der Waals surface area contributed by atoms with E-state index in [-0.39, 0.29) is 24.0 Å². The van der Waals surface area contributed by atoms with E-state index in [4.69, 9.17) is 4.74 Å². The number of nitrogens with zero attached hydrogens (tertiary/aromatic N) is 2. The summed E-state index contributed by atoms with van der Waals surface area (Å²) in [7, 11) is -3.20. The van der Waals surface area contributed by atoms with Gasteiger partial charge < -0.3 is 20.5 Å². The molecule has 1 aliphatic rings. The van der Waals surface area contributed by atoms with Crippen LogP contribution in [0.25, 0.3) is 0 Å². The highest BCUT2D eigenvalue weighted by atomic mass is 127. The van der Waals surface area contributed by atoms with E-state index in [9.17, 15) is 13.5 Å². The van der Waals surface area contributed by atoms with Crippen molar-refractivity contribution in [1.82, 2.24) is 15.5 Å². The van der Waals surface area contributed by atoms with Crippen molar-refractivity contribution in [1.29, 1.82) is 0 Å². The summed E-state index contributed by atoms with van der Waals surface area (Å²) in [4.78, 5) is 7.01. The molecule has 1 saturated heterocycles. The number of ether oxygens (including phenoxy) is 1. The van der Waals surface area contributed by atoms with Crippen molar-refractivity contribution >= 4 is 39.8 Å². The number of guanidine groups is 1. The topological polar surface area (TPSA) is 103 Å². The number of halogens is 1. The summed E-state index contributed by atoms with van der Waals surface area (Å²) in [6.07, 6.45) is 1.19. The maximum atomic E-state index is 11.5. The van der Waals surface area contributed by atoms with Crippen molar-refractivity contribution in [2.75, 3.05) is 52.2 Å². The Hall–Kier alpha value is -0.950. The molecule has 0 aromatic heterocycles. The quantitative estimate of drug-likeness (QED) is 0.255. The van der Waals surface area contributed by atoms with Crippen molar-refractivity contribution in [2.45, 2.75) is 30.9 Å². The number of rotatable bonds is 8. The average molecular weight is 540 g/mol. The number of hydrogen-bond acceptors (Lipinski definition) is 6. The summed E-state index contributed by atoms with van der Waals surface area (Å²) in [5, 5.41) is 17.0. The fraction of sp³-hybridized carbons (Fsp3) is 0.632. The van der Waals surface area contributed by atoms with E-state index < -0.39 is 15.4 Å². The van der Waals surface area contributed by atoms with Crippen LogP contribution < -0.4 is 10.6 Å². The highest BCUT2D eigenvalue weighted by Gasteiger charge is 2.25. The molecule has 1 aromatic rings. The Kier molecular flexibility index (Phi) is 10.8. The van der Waals surface area contributed by atoms with Crippen molar-refractivity contribution in [3.63, 3.8) is 0 Å². The molecule has 1 atom stereocenters. The molecule has 0 aliphatic carbocycles. The molecule has 29 heavy (non-hydrogen) atoms. The standard InChI is InChI=1S/C19H32N4O4S.HI/c1-4-20-18(21-13-16-5-7-17(8-6-16)28(3,25)26)22-14-19(2,24)15-23-9-11-27-12-10-23;/h5-8,24H,4,9-15H2,1-3H3,(H2,20,21,22);1H. The van der Waals surface area contributed by atoms with Crippen LogP contribution in [0.1, 0.15) is 19.4 Å². The second-order valence-electron chi connectivity index (χ2n) is 7.35. The summed E-state index contributed by atoms with van der Waals surface area (Å²) < 4.78 is 28.4. The van der Waals surface area contributed by atoms with Gasteiger partial charge in [-0.15, -0.1) is 24.0 Å². The second-order valence-corrected chi connectivity index (χ2v) is 9.37. The zero-order chi connectivity index (χ0) is 20.6. The van der Waals surface area contributed by atoms with Crippen molar-refractivity contribution in [3.8, 4) is 0 Å². The molecule has 2 rings (SSSR count). The van der Waals surface area contributed by atoms with Gasteiger partial charge in [-0.25, -0.2) is 13.4 Å².